The maximum Gasteiger partial charge on any atom is 0.175 e. The number of nitriles is 1. The second-order valence-corrected chi connectivity index (χ2v) is 15.5. The number of hydrogen-bond donors (Lipinski definition) is 3. The predicted molar refractivity (Wildman–Crippen MR) is 162 cm³/mol. The van der Waals surface area contributed by atoms with Crippen LogP contribution in [-0.2, 0) is 17.8 Å². The molecule has 7 rings (SSSR count). The largest absolute Gasteiger partial charge is 0.508 e. The lowest BCUT2D eigenvalue weighted by Gasteiger charge is -2.60. The van der Waals surface area contributed by atoms with Gasteiger partial charge in [-0.25, -0.2) is 4.98 Å². The van der Waals surface area contributed by atoms with Crippen LogP contribution >= 0.6 is 23.1 Å². The number of rotatable bonds is 6. The molecule has 3 saturated carbocycles. The second-order valence-electron chi connectivity index (χ2n) is 13.2. The van der Waals surface area contributed by atoms with Crippen LogP contribution in [0.3, 0.4) is 0 Å². The van der Waals surface area contributed by atoms with Crippen molar-refractivity contribution in [2.75, 3.05) is 5.75 Å². The number of nitrogens with zero attached hydrogens (tertiary/aromatic N) is 4. The van der Waals surface area contributed by atoms with E-state index in [1.807, 2.05) is 23.9 Å². The van der Waals surface area contributed by atoms with Crippen molar-refractivity contribution in [1.29, 1.82) is 5.26 Å². The number of aliphatic hydroxyl groups excluding tert-OH is 1. The Hall–Kier alpha value is -2.71. The number of aromatic nitrogens is 3. The first kappa shape index (κ1) is 28.1. The number of phenolic OH excluding ortho intramolecular Hbond substituents is 1. The van der Waals surface area contributed by atoms with Crippen LogP contribution in [-0.4, -0.2) is 53.3 Å². The van der Waals surface area contributed by atoms with Crippen molar-refractivity contribution in [2.24, 2.45) is 28.6 Å². The van der Waals surface area contributed by atoms with Crippen LogP contribution in [0.5, 0.6) is 5.75 Å². The number of carbonyl (C=O) groups excluding carboxylic acids is 1. The molecule has 0 saturated heterocycles. The van der Waals surface area contributed by atoms with Gasteiger partial charge >= 0.3 is 0 Å². The van der Waals surface area contributed by atoms with Gasteiger partial charge in [0.15, 0.2) is 10.1 Å². The van der Waals surface area contributed by atoms with Gasteiger partial charge in [-0.05, 0) is 85.5 Å². The summed E-state index contributed by atoms with van der Waals surface area (Å²) < 4.78 is 3.62. The molecule has 7 atom stereocenters. The van der Waals surface area contributed by atoms with E-state index >= 15 is 0 Å². The molecule has 2 heterocycles. The van der Waals surface area contributed by atoms with Crippen LogP contribution in [0.4, 0.5) is 0 Å². The Kier molecular flexibility index (Phi) is 6.63. The third-order valence-electron chi connectivity index (χ3n) is 11.2. The Morgan fingerprint density at radius 2 is 2.14 bits per heavy atom. The van der Waals surface area contributed by atoms with E-state index in [2.05, 4.69) is 29.2 Å². The zero-order valence-electron chi connectivity index (χ0n) is 23.9. The molecular weight excluding hydrogens is 569 g/mol. The molecule has 42 heavy (non-hydrogen) atoms. The first-order valence-electron chi connectivity index (χ1n) is 14.9. The molecule has 10 heteroatoms. The number of ketones is 1. The van der Waals surface area contributed by atoms with Gasteiger partial charge in [0.2, 0.25) is 0 Å². The smallest absolute Gasteiger partial charge is 0.175 e. The molecule has 3 fully saturated rings. The first-order valence-corrected chi connectivity index (χ1v) is 16.7. The molecule has 0 amide bonds. The van der Waals surface area contributed by atoms with Crippen molar-refractivity contribution in [3.05, 3.63) is 41.2 Å². The first-order chi connectivity index (χ1) is 20.1. The quantitative estimate of drug-likeness (QED) is 0.321. The fraction of sp³-hybridized carbons (Fsp3) is 0.562. The van der Waals surface area contributed by atoms with Gasteiger partial charge in [-0.1, -0.05) is 31.2 Å². The van der Waals surface area contributed by atoms with Crippen LogP contribution in [0, 0.1) is 39.9 Å². The summed E-state index contributed by atoms with van der Waals surface area (Å²) in [7, 11) is 0. The minimum atomic E-state index is -1.48. The lowest BCUT2D eigenvalue weighted by Crippen LogP contribution is -2.62. The Morgan fingerprint density at radius 3 is 2.95 bits per heavy atom. The summed E-state index contributed by atoms with van der Waals surface area (Å²) >= 11 is 2.82. The zero-order valence-corrected chi connectivity index (χ0v) is 25.5. The lowest BCUT2D eigenvalue weighted by atomic mass is 9.45. The van der Waals surface area contributed by atoms with E-state index in [4.69, 9.17) is 5.26 Å². The number of hydrogen-bond acceptors (Lipinski definition) is 9. The fourth-order valence-corrected chi connectivity index (χ4v) is 11.3. The van der Waals surface area contributed by atoms with Gasteiger partial charge in [0.1, 0.15) is 11.4 Å². The number of aliphatic hydroxyl groups is 2. The van der Waals surface area contributed by atoms with Crippen LogP contribution in [0.15, 0.2) is 34.3 Å². The summed E-state index contributed by atoms with van der Waals surface area (Å²) in [5, 5.41) is 47.4. The van der Waals surface area contributed by atoms with E-state index in [9.17, 15) is 20.1 Å². The molecule has 5 unspecified atom stereocenters. The van der Waals surface area contributed by atoms with E-state index in [0.29, 0.717) is 31.3 Å². The minimum Gasteiger partial charge on any atom is -0.508 e. The van der Waals surface area contributed by atoms with Gasteiger partial charge < -0.3 is 15.3 Å². The highest BCUT2D eigenvalue weighted by Gasteiger charge is 2.68. The topological polar surface area (TPSA) is 132 Å². The summed E-state index contributed by atoms with van der Waals surface area (Å²) in [6, 6.07) is 7.28. The van der Waals surface area contributed by atoms with Gasteiger partial charge in [-0.3, -0.25) is 9.48 Å². The maximum atomic E-state index is 13.8. The summed E-state index contributed by atoms with van der Waals surface area (Å²) in [6.45, 7) is 4.91. The summed E-state index contributed by atoms with van der Waals surface area (Å²) in [5.74, 6) is 0.540. The highest BCUT2D eigenvalue weighted by Crippen LogP contribution is 2.67. The van der Waals surface area contributed by atoms with Crippen molar-refractivity contribution < 1.29 is 20.1 Å². The molecule has 4 aliphatic carbocycles. The van der Waals surface area contributed by atoms with Crippen LogP contribution in [0.2, 0.25) is 0 Å². The van der Waals surface area contributed by atoms with E-state index < -0.39 is 17.1 Å². The van der Waals surface area contributed by atoms with Crippen molar-refractivity contribution in [3.63, 3.8) is 0 Å². The fourth-order valence-electron chi connectivity index (χ4n) is 9.24. The average Bonchev–Trinajstić information content (AvgIpc) is 3.61. The molecule has 3 aromatic rings. The molecule has 220 valence electrons. The lowest BCUT2D eigenvalue weighted by molar-refractivity contribution is -0.177. The Labute approximate surface area is 253 Å². The molecular formula is C32H36N4O4S2. The summed E-state index contributed by atoms with van der Waals surface area (Å²) in [4.78, 5) is 18.3. The second kappa shape index (κ2) is 9.91. The molecule has 2 aromatic heterocycles. The van der Waals surface area contributed by atoms with Gasteiger partial charge in [-0.15, -0.1) is 11.3 Å². The standard InChI is InChI=1S/C32H36N4O4S2/c1-30-14-18-16-34-36(11-3-10-33)24(18)12-19(30)4-6-21-22-8-9-32(40,31(22,2)15-25(38)28(21)30)27(39)17-41-29-35-23-13-20(37)5-7-26(23)42-29/h5,7,12-13,16,21-22,25,28,37-38,40H,3-4,6,8-9,11,14-15,17H2,1-2H3/t21?,22?,25-,28?,30?,31?,32-/m0/s1. The van der Waals surface area contributed by atoms with E-state index in [1.54, 1.807) is 12.1 Å². The Balaban J connectivity index is 1.12. The number of allylic oxidation sites excluding steroid dienone is 1. The molecule has 0 spiro atoms. The molecule has 0 aliphatic heterocycles. The van der Waals surface area contributed by atoms with Crippen LogP contribution in [0.1, 0.15) is 63.6 Å². The third-order valence-corrected chi connectivity index (χ3v) is 13.4. The number of fused-ring (bicyclic) bond motifs is 7. The van der Waals surface area contributed by atoms with Crippen molar-refractivity contribution in [1.82, 2.24) is 14.8 Å². The highest BCUT2D eigenvalue weighted by molar-refractivity contribution is 8.01. The zero-order chi connectivity index (χ0) is 29.4. The monoisotopic (exact) mass is 604 g/mol. The molecule has 8 nitrogen and oxygen atoms in total. The normalized spacial score (nSPS) is 35.1. The van der Waals surface area contributed by atoms with Gasteiger partial charge in [0, 0.05) is 11.5 Å². The summed E-state index contributed by atoms with van der Waals surface area (Å²) in [5.41, 5.74) is 1.93. The number of aryl methyl sites for hydroxylation is 1. The van der Waals surface area contributed by atoms with E-state index in [-0.39, 0.29) is 40.5 Å². The molecule has 0 bridgehead atoms. The Bertz CT molecular complexity index is 1660. The maximum absolute atomic E-state index is 13.8. The van der Waals surface area contributed by atoms with Crippen molar-refractivity contribution >= 4 is 45.2 Å². The van der Waals surface area contributed by atoms with Crippen molar-refractivity contribution in [2.45, 2.75) is 81.4 Å². The van der Waals surface area contributed by atoms with Gasteiger partial charge in [0.05, 0.1) is 53.0 Å². The number of thioether (sulfide) groups is 1. The molecule has 4 aliphatic rings. The number of aromatic hydroxyl groups is 1. The summed E-state index contributed by atoms with van der Waals surface area (Å²) in [6.07, 6.45) is 8.26. The van der Waals surface area contributed by atoms with Crippen LogP contribution in [0.25, 0.3) is 16.3 Å². The Morgan fingerprint density at radius 1 is 1.31 bits per heavy atom. The number of phenols is 1. The minimum absolute atomic E-state index is 0.0529. The van der Waals surface area contributed by atoms with Gasteiger partial charge in [-0.2, -0.15) is 10.4 Å². The number of carbonyl (C=O) groups is 1. The van der Waals surface area contributed by atoms with E-state index in [0.717, 1.165) is 40.4 Å². The molecule has 0 radical (unpaired) electrons. The third kappa shape index (κ3) is 4.04. The van der Waals surface area contributed by atoms with Gasteiger partial charge in [0.25, 0.3) is 0 Å². The number of thiazole rings is 1. The average molecular weight is 605 g/mol. The highest BCUT2D eigenvalue weighted by atomic mass is 32.2. The van der Waals surface area contributed by atoms with E-state index in [1.165, 1.54) is 34.2 Å². The molecule has 3 N–H and O–H groups in total. The molecule has 1 aromatic carbocycles. The number of Topliss-reactive ketones (excluding diaryl/α,β-unsaturated/α-hetero) is 1. The van der Waals surface area contributed by atoms with Crippen molar-refractivity contribution in [3.8, 4) is 11.8 Å². The predicted octanol–water partition coefficient (Wildman–Crippen LogP) is 5.36. The SMILES string of the molecule is CC12Cc3cnn(CCC#N)c3C=C1CCC1C2[C@@H](O)CC2(C)C1CC[C@]2(O)C(=O)CSc1nc2cc(O)ccc2s1. The van der Waals surface area contributed by atoms with Crippen LogP contribution < -0.4 is 0 Å². The number of benzene rings is 1.